The molecule has 3 N–H and O–H groups in total. The Labute approximate surface area is 132 Å². The SMILES string of the molecule is CCc1nc(C#CC(/C=C\CNC(CC)CC)=C/N)cs1. The van der Waals surface area contributed by atoms with Gasteiger partial charge >= 0.3 is 0 Å². The molecular formula is C17H25N3S. The highest BCUT2D eigenvalue weighted by atomic mass is 32.1. The molecule has 4 heteroatoms. The van der Waals surface area contributed by atoms with Crippen LogP contribution in [0.25, 0.3) is 0 Å². The minimum atomic E-state index is 0.577. The van der Waals surface area contributed by atoms with Crippen molar-refractivity contribution in [1.29, 1.82) is 0 Å². The minimum absolute atomic E-state index is 0.577. The Hall–Kier alpha value is -1.57. The topological polar surface area (TPSA) is 50.9 Å². The van der Waals surface area contributed by atoms with Crippen LogP contribution in [0.1, 0.15) is 44.3 Å². The first-order valence-electron chi connectivity index (χ1n) is 7.51. The Morgan fingerprint density at radius 3 is 2.76 bits per heavy atom. The average Bonchev–Trinajstić information content (AvgIpc) is 2.98. The van der Waals surface area contributed by atoms with Crippen LogP contribution >= 0.6 is 11.3 Å². The molecule has 0 radical (unpaired) electrons. The molecule has 0 bridgehead atoms. The summed E-state index contributed by atoms with van der Waals surface area (Å²) >= 11 is 1.65. The van der Waals surface area contributed by atoms with E-state index < -0.39 is 0 Å². The molecule has 1 rings (SSSR count). The molecule has 3 nitrogen and oxygen atoms in total. The Morgan fingerprint density at radius 2 is 2.19 bits per heavy atom. The molecule has 0 fully saturated rings. The third-order valence-corrected chi connectivity index (χ3v) is 4.17. The zero-order valence-corrected chi connectivity index (χ0v) is 14.0. The standard InChI is InChI=1S/C17H25N3S/c1-4-15(5-2)19-11-7-8-14(12-18)9-10-16-13-21-17(6-3)20-16/h7-8,12-13,15,19H,4-6,11,18H2,1-3H3/b8-7-,14-12+. The van der Waals surface area contributed by atoms with Gasteiger partial charge in [-0.25, -0.2) is 4.98 Å². The van der Waals surface area contributed by atoms with Gasteiger partial charge in [-0.3, -0.25) is 0 Å². The van der Waals surface area contributed by atoms with Crippen LogP contribution in [0, 0.1) is 11.8 Å². The number of nitrogens with one attached hydrogen (secondary N) is 1. The molecule has 0 aliphatic heterocycles. The Kier molecular flexibility index (Phi) is 8.49. The first kappa shape index (κ1) is 17.5. The maximum Gasteiger partial charge on any atom is 0.124 e. The maximum absolute atomic E-state index is 5.61. The lowest BCUT2D eigenvalue weighted by atomic mass is 10.2. The summed E-state index contributed by atoms with van der Waals surface area (Å²) in [5.41, 5.74) is 7.24. The van der Waals surface area contributed by atoms with Crippen molar-refractivity contribution >= 4 is 11.3 Å². The summed E-state index contributed by atoms with van der Waals surface area (Å²) in [7, 11) is 0. The lowest BCUT2D eigenvalue weighted by Gasteiger charge is -2.12. The Morgan fingerprint density at radius 1 is 1.43 bits per heavy atom. The summed E-state index contributed by atoms with van der Waals surface area (Å²) in [6, 6.07) is 0.577. The zero-order valence-electron chi connectivity index (χ0n) is 13.1. The van der Waals surface area contributed by atoms with E-state index in [4.69, 9.17) is 5.73 Å². The van der Waals surface area contributed by atoms with Crippen LogP contribution in [0.3, 0.4) is 0 Å². The number of nitrogens with zero attached hydrogens (tertiary/aromatic N) is 1. The highest BCUT2D eigenvalue weighted by molar-refractivity contribution is 7.09. The first-order valence-corrected chi connectivity index (χ1v) is 8.39. The molecule has 0 saturated carbocycles. The Bertz CT molecular complexity index is 528. The van der Waals surface area contributed by atoms with E-state index in [0.29, 0.717) is 6.04 Å². The van der Waals surface area contributed by atoms with E-state index >= 15 is 0 Å². The normalized spacial score (nSPS) is 11.9. The quantitative estimate of drug-likeness (QED) is 0.600. The van der Waals surface area contributed by atoms with E-state index in [2.05, 4.69) is 49.0 Å². The third kappa shape index (κ3) is 6.61. The summed E-state index contributed by atoms with van der Waals surface area (Å²) in [5, 5.41) is 6.57. The highest BCUT2D eigenvalue weighted by Crippen LogP contribution is 2.09. The smallest absolute Gasteiger partial charge is 0.124 e. The van der Waals surface area contributed by atoms with Gasteiger partial charge in [0.25, 0.3) is 0 Å². The number of nitrogens with two attached hydrogens (primary N) is 1. The number of allylic oxidation sites excluding steroid dienone is 2. The molecule has 1 aromatic heterocycles. The fourth-order valence-corrected chi connectivity index (χ4v) is 2.48. The predicted octanol–water partition coefficient (Wildman–Crippen LogP) is 3.23. The van der Waals surface area contributed by atoms with Crippen molar-refractivity contribution in [2.75, 3.05) is 6.54 Å². The van der Waals surface area contributed by atoms with E-state index in [1.54, 1.807) is 11.3 Å². The second kappa shape index (κ2) is 10.2. The van der Waals surface area contributed by atoms with Crippen LogP contribution in [-0.2, 0) is 6.42 Å². The van der Waals surface area contributed by atoms with Crippen LogP contribution in [-0.4, -0.2) is 17.6 Å². The number of hydrogen-bond acceptors (Lipinski definition) is 4. The lowest BCUT2D eigenvalue weighted by molar-refractivity contribution is 0.510. The molecule has 0 spiro atoms. The number of rotatable bonds is 7. The van der Waals surface area contributed by atoms with E-state index in [1.807, 2.05) is 11.5 Å². The fraction of sp³-hybridized carbons (Fsp3) is 0.471. The van der Waals surface area contributed by atoms with Gasteiger partial charge in [-0.2, -0.15) is 0 Å². The molecule has 21 heavy (non-hydrogen) atoms. The monoisotopic (exact) mass is 303 g/mol. The fourth-order valence-electron chi connectivity index (χ4n) is 1.80. The van der Waals surface area contributed by atoms with Crippen LogP contribution in [0.15, 0.2) is 29.3 Å². The van der Waals surface area contributed by atoms with Crippen molar-refractivity contribution < 1.29 is 0 Å². The van der Waals surface area contributed by atoms with Crippen molar-refractivity contribution in [3.63, 3.8) is 0 Å². The number of thiazole rings is 1. The molecule has 0 aliphatic rings. The van der Waals surface area contributed by atoms with Gasteiger partial charge in [0.2, 0.25) is 0 Å². The van der Waals surface area contributed by atoms with Gasteiger partial charge in [0, 0.05) is 29.7 Å². The van der Waals surface area contributed by atoms with E-state index in [9.17, 15) is 0 Å². The first-order chi connectivity index (χ1) is 10.2. The molecule has 114 valence electrons. The second-order valence-electron chi connectivity index (χ2n) is 4.68. The molecule has 0 aliphatic carbocycles. The Balaban J connectivity index is 2.52. The summed E-state index contributed by atoms with van der Waals surface area (Å²) in [5.74, 6) is 6.11. The highest BCUT2D eigenvalue weighted by Gasteiger charge is 1.99. The van der Waals surface area contributed by atoms with Gasteiger partial charge in [0.05, 0.1) is 5.01 Å². The zero-order chi connectivity index (χ0) is 15.5. The molecule has 1 aromatic rings. The second-order valence-corrected chi connectivity index (χ2v) is 5.62. The maximum atomic E-state index is 5.61. The number of hydrogen-bond donors (Lipinski definition) is 2. The number of aryl methyl sites for hydroxylation is 1. The molecule has 0 atom stereocenters. The molecule has 1 heterocycles. The summed E-state index contributed by atoms with van der Waals surface area (Å²) < 4.78 is 0. The van der Waals surface area contributed by atoms with Gasteiger partial charge in [-0.05, 0) is 31.3 Å². The lowest BCUT2D eigenvalue weighted by Crippen LogP contribution is -2.27. The predicted molar refractivity (Wildman–Crippen MR) is 92.2 cm³/mol. The van der Waals surface area contributed by atoms with E-state index in [1.165, 1.54) is 6.20 Å². The van der Waals surface area contributed by atoms with Gasteiger partial charge in [0.1, 0.15) is 5.69 Å². The molecule has 0 saturated heterocycles. The number of aromatic nitrogens is 1. The summed E-state index contributed by atoms with van der Waals surface area (Å²) in [6.07, 6.45) is 8.79. The molecule has 0 unspecified atom stereocenters. The van der Waals surface area contributed by atoms with Gasteiger partial charge < -0.3 is 11.1 Å². The summed E-state index contributed by atoms with van der Waals surface area (Å²) in [4.78, 5) is 4.42. The van der Waals surface area contributed by atoms with Crippen LogP contribution in [0.4, 0.5) is 0 Å². The molecular weight excluding hydrogens is 278 g/mol. The van der Waals surface area contributed by atoms with Gasteiger partial charge in [-0.1, -0.05) is 32.8 Å². The van der Waals surface area contributed by atoms with Crippen molar-refractivity contribution in [2.24, 2.45) is 5.73 Å². The third-order valence-electron chi connectivity index (χ3n) is 3.18. The van der Waals surface area contributed by atoms with Gasteiger partial charge in [0.15, 0.2) is 0 Å². The van der Waals surface area contributed by atoms with E-state index in [-0.39, 0.29) is 0 Å². The van der Waals surface area contributed by atoms with Crippen molar-refractivity contribution in [1.82, 2.24) is 10.3 Å². The van der Waals surface area contributed by atoms with E-state index in [0.717, 1.165) is 42.1 Å². The summed E-state index contributed by atoms with van der Waals surface area (Å²) in [6.45, 7) is 7.32. The molecule has 0 amide bonds. The van der Waals surface area contributed by atoms with Crippen LogP contribution < -0.4 is 11.1 Å². The molecule has 0 aromatic carbocycles. The van der Waals surface area contributed by atoms with Crippen LogP contribution in [0.2, 0.25) is 0 Å². The van der Waals surface area contributed by atoms with Crippen LogP contribution in [0.5, 0.6) is 0 Å². The minimum Gasteiger partial charge on any atom is -0.404 e. The van der Waals surface area contributed by atoms with Gasteiger partial charge in [-0.15, -0.1) is 11.3 Å². The average molecular weight is 303 g/mol. The van der Waals surface area contributed by atoms with Crippen molar-refractivity contribution in [2.45, 2.75) is 46.1 Å². The largest absolute Gasteiger partial charge is 0.404 e. The van der Waals surface area contributed by atoms with Crippen molar-refractivity contribution in [3.8, 4) is 11.8 Å². The van der Waals surface area contributed by atoms with Crippen molar-refractivity contribution in [3.05, 3.63) is 40.0 Å².